The molecule has 98 valence electrons. The highest BCUT2D eigenvalue weighted by Gasteiger charge is 2.03. The standard InChI is InChI=1S/C14H13BrN2O2/c15-13-3-1-2-4-14(13)16-10-9-11-5-7-12(8-6-11)17(18)19/h1-8,16H,9-10H2. The van der Waals surface area contributed by atoms with Gasteiger partial charge in [0.25, 0.3) is 5.69 Å². The number of non-ortho nitro benzene ring substituents is 1. The summed E-state index contributed by atoms with van der Waals surface area (Å²) in [7, 11) is 0. The molecule has 19 heavy (non-hydrogen) atoms. The highest BCUT2D eigenvalue weighted by Crippen LogP contribution is 2.21. The number of hydrogen-bond donors (Lipinski definition) is 1. The SMILES string of the molecule is O=[N+]([O-])c1ccc(CCNc2ccccc2Br)cc1. The summed E-state index contributed by atoms with van der Waals surface area (Å²) in [6, 6.07) is 14.6. The molecule has 0 atom stereocenters. The molecular formula is C14H13BrN2O2. The van der Waals surface area contributed by atoms with Gasteiger partial charge in [-0.05, 0) is 40.0 Å². The Labute approximate surface area is 119 Å². The van der Waals surface area contributed by atoms with Crippen molar-refractivity contribution in [2.75, 3.05) is 11.9 Å². The number of nitro groups is 1. The molecule has 5 heteroatoms. The normalized spacial score (nSPS) is 10.2. The molecular weight excluding hydrogens is 308 g/mol. The van der Waals surface area contributed by atoms with Crippen LogP contribution in [-0.2, 0) is 6.42 Å². The van der Waals surface area contributed by atoms with E-state index in [9.17, 15) is 10.1 Å². The van der Waals surface area contributed by atoms with Gasteiger partial charge in [0.05, 0.1) is 4.92 Å². The number of hydrogen-bond acceptors (Lipinski definition) is 3. The second-order valence-corrected chi connectivity index (χ2v) is 4.93. The number of anilines is 1. The molecule has 4 nitrogen and oxygen atoms in total. The average Bonchev–Trinajstić information content (AvgIpc) is 2.41. The first kappa shape index (κ1) is 13.5. The highest BCUT2D eigenvalue weighted by molar-refractivity contribution is 9.10. The van der Waals surface area contributed by atoms with E-state index >= 15 is 0 Å². The van der Waals surface area contributed by atoms with E-state index in [4.69, 9.17) is 0 Å². The van der Waals surface area contributed by atoms with Gasteiger partial charge in [-0.2, -0.15) is 0 Å². The first-order chi connectivity index (χ1) is 9.16. The van der Waals surface area contributed by atoms with E-state index in [-0.39, 0.29) is 10.6 Å². The smallest absolute Gasteiger partial charge is 0.269 e. The third-order valence-electron chi connectivity index (χ3n) is 2.75. The van der Waals surface area contributed by atoms with Crippen molar-refractivity contribution < 1.29 is 4.92 Å². The predicted molar refractivity (Wildman–Crippen MR) is 79.4 cm³/mol. The van der Waals surface area contributed by atoms with Crippen LogP contribution in [0.1, 0.15) is 5.56 Å². The largest absolute Gasteiger partial charge is 0.384 e. The summed E-state index contributed by atoms with van der Waals surface area (Å²) in [5.74, 6) is 0. The summed E-state index contributed by atoms with van der Waals surface area (Å²) in [5, 5.41) is 13.9. The second kappa shape index (κ2) is 6.33. The molecule has 0 amide bonds. The lowest BCUT2D eigenvalue weighted by Crippen LogP contribution is -2.05. The zero-order chi connectivity index (χ0) is 13.7. The topological polar surface area (TPSA) is 55.2 Å². The number of halogens is 1. The summed E-state index contributed by atoms with van der Waals surface area (Å²) < 4.78 is 1.03. The second-order valence-electron chi connectivity index (χ2n) is 4.08. The Bertz CT molecular complexity index is 570. The van der Waals surface area contributed by atoms with E-state index in [0.29, 0.717) is 0 Å². The fraction of sp³-hybridized carbons (Fsp3) is 0.143. The van der Waals surface area contributed by atoms with Gasteiger partial charge in [0, 0.05) is 28.8 Å². The summed E-state index contributed by atoms with van der Waals surface area (Å²) in [6.45, 7) is 0.778. The third-order valence-corrected chi connectivity index (χ3v) is 3.44. The van der Waals surface area contributed by atoms with E-state index in [1.165, 1.54) is 12.1 Å². The van der Waals surface area contributed by atoms with Crippen LogP contribution in [0.25, 0.3) is 0 Å². The molecule has 0 radical (unpaired) electrons. The van der Waals surface area contributed by atoms with Crippen molar-refractivity contribution in [3.8, 4) is 0 Å². The van der Waals surface area contributed by atoms with Crippen molar-refractivity contribution >= 4 is 27.3 Å². The fourth-order valence-electron chi connectivity index (χ4n) is 1.73. The van der Waals surface area contributed by atoms with Crippen molar-refractivity contribution in [3.05, 3.63) is 68.7 Å². The first-order valence-corrected chi connectivity index (χ1v) is 6.68. The quantitative estimate of drug-likeness (QED) is 0.669. The lowest BCUT2D eigenvalue weighted by atomic mass is 10.1. The van der Waals surface area contributed by atoms with Gasteiger partial charge in [-0.15, -0.1) is 0 Å². The molecule has 0 spiro atoms. The van der Waals surface area contributed by atoms with Crippen LogP contribution < -0.4 is 5.32 Å². The van der Waals surface area contributed by atoms with Gasteiger partial charge in [-0.25, -0.2) is 0 Å². The molecule has 0 heterocycles. The van der Waals surface area contributed by atoms with Crippen LogP contribution in [-0.4, -0.2) is 11.5 Å². The summed E-state index contributed by atoms with van der Waals surface area (Å²) in [5.41, 5.74) is 2.25. The minimum absolute atomic E-state index is 0.127. The summed E-state index contributed by atoms with van der Waals surface area (Å²) >= 11 is 3.47. The van der Waals surface area contributed by atoms with Crippen LogP contribution in [0.3, 0.4) is 0 Å². The maximum Gasteiger partial charge on any atom is 0.269 e. The van der Waals surface area contributed by atoms with Crippen molar-refractivity contribution in [1.82, 2.24) is 0 Å². The molecule has 0 unspecified atom stereocenters. The molecule has 1 N–H and O–H groups in total. The van der Waals surface area contributed by atoms with Crippen molar-refractivity contribution in [1.29, 1.82) is 0 Å². The van der Waals surface area contributed by atoms with Crippen LogP contribution in [0.2, 0.25) is 0 Å². The van der Waals surface area contributed by atoms with Crippen LogP contribution in [0.5, 0.6) is 0 Å². The Kier molecular flexibility index (Phi) is 4.52. The van der Waals surface area contributed by atoms with E-state index in [1.54, 1.807) is 12.1 Å². The van der Waals surface area contributed by atoms with Gasteiger partial charge in [0.15, 0.2) is 0 Å². The zero-order valence-corrected chi connectivity index (χ0v) is 11.8. The van der Waals surface area contributed by atoms with Crippen molar-refractivity contribution in [3.63, 3.8) is 0 Å². The molecule has 0 bridgehead atoms. The molecule has 0 aliphatic carbocycles. The Morgan fingerprint density at radius 3 is 2.42 bits per heavy atom. The van der Waals surface area contributed by atoms with Gasteiger partial charge >= 0.3 is 0 Å². The third kappa shape index (κ3) is 3.79. The minimum atomic E-state index is -0.386. The van der Waals surface area contributed by atoms with Crippen LogP contribution in [0, 0.1) is 10.1 Å². The molecule has 0 saturated heterocycles. The molecule has 2 rings (SSSR count). The Hall–Kier alpha value is -1.88. The number of nitrogens with one attached hydrogen (secondary N) is 1. The fourth-order valence-corrected chi connectivity index (χ4v) is 2.16. The Morgan fingerprint density at radius 1 is 1.11 bits per heavy atom. The van der Waals surface area contributed by atoms with Crippen molar-refractivity contribution in [2.24, 2.45) is 0 Å². The summed E-state index contributed by atoms with van der Waals surface area (Å²) in [4.78, 5) is 10.2. The maximum absolute atomic E-state index is 10.5. The monoisotopic (exact) mass is 320 g/mol. The number of nitrogens with zero attached hydrogens (tertiary/aromatic N) is 1. The van der Waals surface area contributed by atoms with Crippen LogP contribution >= 0.6 is 15.9 Å². The number of benzene rings is 2. The van der Waals surface area contributed by atoms with Crippen LogP contribution in [0.4, 0.5) is 11.4 Å². The maximum atomic E-state index is 10.5. The highest BCUT2D eigenvalue weighted by atomic mass is 79.9. The zero-order valence-electron chi connectivity index (χ0n) is 10.2. The van der Waals surface area contributed by atoms with Crippen molar-refractivity contribution in [2.45, 2.75) is 6.42 Å². The molecule has 2 aromatic carbocycles. The minimum Gasteiger partial charge on any atom is -0.384 e. The first-order valence-electron chi connectivity index (χ1n) is 5.88. The summed E-state index contributed by atoms with van der Waals surface area (Å²) in [6.07, 6.45) is 0.819. The molecule has 0 aromatic heterocycles. The lowest BCUT2D eigenvalue weighted by Gasteiger charge is -2.08. The number of nitro benzene ring substituents is 1. The van der Waals surface area contributed by atoms with Gasteiger partial charge in [-0.3, -0.25) is 10.1 Å². The number of para-hydroxylation sites is 1. The van der Waals surface area contributed by atoms with Gasteiger partial charge < -0.3 is 5.32 Å². The van der Waals surface area contributed by atoms with Gasteiger partial charge in [-0.1, -0.05) is 24.3 Å². The van der Waals surface area contributed by atoms with E-state index in [0.717, 1.165) is 28.7 Å². The predicted octanol–water partition coefficient (Wildman–Crippen LogP) is 4.01. The lowest BCUT2D eigenvalue weighted by molar-refractivity contribution is -0.384. The van der Waals surface area contributed by atoms with Crippen LogP contribution in [0.15, 0.2) is 53.0 Å². The number of rotatable bonds is 5. The van der Waals surface area contributed by atoms with E-state index < -0.39 is 0 Å². The van der Waals surface area contributed by atoms with E-state index in [1.807, 2.05) is 24.3 Å². The molecule has 0 saturated carbocycles. The molecule has 2 aromatic rings. The Balaban J connectivity index is 1.89. The van der Waals surface area contributed by atoms with E-state index in [2.05, 4.69) is 21.2 Å². The van der Waals surface area contributed by atoms with Gasteiger partial charge in [0.1, 0.15) is 0 Å². The van der Waals surface area contributed by atoms with Gasteiger partial charge in [0.2, 0.25) is 0 Å². The molecule has 0 aliphatic rings. The average molecular weight is 321 g/mol. The molecule has 0 fully saturated rings. The Morgan fingerprint density at radius 2 is 1.79 bits per heavy atom. The molecule has 0 aliphatic heterocycles.